The molecule has 0 spiro atoms. The fourth-order valence-electron chi connectivity index (χ4n) is 3.97. The van der Waals surface area contributed by atoms with E-state index in [1.165, 1.54) is 64.2 Å². The number of hydrogen-bond donors (Lipinski definition) is 1. The second-order valence-corrected chi connectivity index (χ2v) is 8.07. The Morgan fingerprint density at radius 3 is 2.04 bits per heavy atom. The van der Waals surface area contributed by atoms with Crippen LogP contribution >= 0.6 is 0 Å². The van der Waals surface area contributed by atoms with Crippen LogP contribution in [0.1, 0.15) is 94.3 Å². The van der Waals surface area contributed by atoms with E-state index in [4.69, 9.17) is 0 Å². The Hall–Kier alpha value is -1.35. The number of amides is 1. The predicted octanol–water partition coefficient (Wildman–Crippen LogP) is 5.80. The van der Waals surface area contributed by atoms with E-state index in [1.54, 1.807) is 0 Å². The zero-order chi connectivity index (χ0) is 19.2. The number of rotatable bonds is 13. The van der Waals surface area contributed by atoms with Gasteiger partial charge in [-0.3, -0.25) is 4.79 Å². The standard InChI is InChI=1S/C24H40N2O/c1-2-3-4-5-6-7-8-9-10-14-19-25-23-17-20-26(21-18-23)24(27)22-15-12-11-13-16-22/h11-13,15-16,23,25H,2-10,14,17-21H2,1H3. The number of carbonyl (C=O) groups is 1. The topological polar surface area (TPSA) is 32.3 Å². The van der Waals surface area contributed by atoms with Crippen LogP contribution in [0, 0.1) is 0 Å². The molecule has 1 saturated heterocycles. The number of piperidine rings is 1. The van der Waals surface area contributed by atoms with Gasteiger partial charge in [0.1, 0.15) is 0 Å². The first kappa shape index (κ1) is 21.9. The van der Waals surface area contributed by atoms with Crippen molar-refractivity contribution in [1.29, 1.82) is 0 Å². The van der Waals surface area contributed by atoms with Crippen molar-refractivity contribution < 1.29 is 4.79 Å². The fraction of sp³-hybridized carbons (Fsp3) is 0.708. The Labute approximate surface area is 166 Å². The molecule has 1 fully saturated rings. The highest BCUT2D eigenvalue weighted by atomic mass is 16.2. The molecule has 0 saturated carbocycles. The van der Waals surface area contributed by atoms with Crippen LogP contribution in [0.4, 0.5) is 0 Å². The molecule has 0 radical (unpaired) electrons. The molecule has 1 aromatic rings. The average molecular weight is 373 g/mol. The number of likely N-dealkylation sites (tertiary alicyclic amines) is 1. The summed E-state index contributed by atoms with van der Waals surface area (Å²) in [7, 11) is 0. The Balaban J connectivity index is 1.44. The summed E-state index contributed by atoms with van der Waals surface area (Å²) >= 11 is 0. The summed E-state index contributed by atoms with van der Waals surface area (Å²) in [4.78, 5) is 14.5. The predicted molar refractivity (Wildman–Crippen MR) is 115 cm³/mol. The van der Waals surface area contributed by atoms with Gasteiger partial charge < -0.3 is 10.2 Å². The van der Waals surface area contributed by atoms with Crippen molar-refractivity contribution in [3.05, 3.63) is 35.9 Å². The van der Waals surface area contributed by atoms with Crippen LogP contribution in [-0.2, 0) is 0 Å². The third-order valence-corrected chi connectivity index (χ3v) is 5.77. The molecular formula is C24H40N2O. The van der Waals surface area contributed by atoms with Crippen molar-refractivity contribution >= 4 is 5.91 Å². The second-order valence-electron chi connectivity index (χ2n) is 8.07. The lowest BCUT2D eigenvalue weighted by molar-refractivity contribution is 0.0705. The SMILES string of the molecule is CCCCCCCCCCCCNC1CCN(C(=O)c2ccccc2)CC1. The highest BCUT2D eigenvalue weighted by molar-refractivity contribution is 5.94. The Bertz CT molecular complexity index is 494. The van der Waals surface area contributed by atoms with Crippen molar-refractivity contribution in [2.24, 2.45) is 0 Å². The maximum Gasteiger partial charge on any atom is 0.253 e. The third kappa shape index (κ3) is 8.92. The van der Waals surface area contributed by atoms with E-state index in [-0.39, 0.29) is 5.91 Å². The van der Waals surface area contributed by atoms with Gasteiger partial charge in [-0.05, 0) is 37.9 Å². The van der Waals surface area contributed by atoms with Gasteiger partial charge in [-0.2, -0.15) is 0 Å². The highest BCUT2D eigenvalue weighted by Crippen LogP contribution is 2.14. The minimum atomic E-state index is 0.184. The first-order valence-corrected chi connectivity index (χ1v) is 11.4. The van der Waals surface area contributed by atoms with Gasteiger partial charge in [-0.25, -0.2) is 0 Å². The summed E-state index contributed by atoms with van der Waals surface area (Å²) in [6.07, 6.45) is 16.1. The largest absolute Gasteiger partial charge is 0.339 e. The van der Waals surface area contributed by atoms with Crippen LogP contribution in [-0.4, -0.2) is 36.5 Å². The molecule has 1 amide bonds. The molecule has 2 rings (SSSR count). The molecule has 0 unspecified atom stereocenters. The van der Waals surface area contributed by atoms with E-state index in [0.717, 1.165) is 38.0 Å². The minimum Gasteiger partial charge on any atom is -0.339 e. The summed E-state index contributed by atoms with van der Waals surface area (Å²) < 4.78 is 0. The smallest absolute Gasteiger partial charge is 0.253 e. The lowest BCUT2D eigenvalue weighted by atomic mass is 10.0. The highest BCUT2D eigenvalue weighted by Gasteiger charge is 2.22. The van der Waals surface area contributed by atoms with Crippen molar-refractivity contribution in [1.82, 2.24) is 10.2 Å². The molecule has 3 nitrogen and oxygen atoms in total. The fourth-order valence-corrected chi connectivity index (χ4v) is 3.97. The Kier molecular flexibility index (Phi) is 11.2. The normalized spacial score (nSPS) is 15.2. The summed E-state index contributed by atoms with van der Waals surface area (Å²) in [5.41, 5.74) is 0.814. The van der Waals surface area contributed by atoms with E-state index in [9.17, 15) is 4.79 Å². The van der Waals surface area contributed by atoms with Crippen molar-refractivity contribution in [2.75, 3.05) is 19.6 Å². The van der Waals surface area contributed by atoms with Crippen molar-refractivity contribution in [3.63, 3.8) is 0 Å². The van der Waals surface area contributed by atoms with Gasteiger partial charge >= 0.3 is 0 Å². The van der Waals surface area contributed by atoms with E-state index < -0.39 is 0 Å². The number of hydrogen-bond acceptors (Lipinski definition) is 2. The quantitative estimate of drug-likeness (QED) is 0.444. The van der Waals surface area contributed by atoms with Gasteiger partial charge in [0.2, 0.25) is 0 Å². The van der Waals surface area contributed by atoms with E-state index in [0.29, 0.717) is 6.04 Å². The van der Waals surface area contributed by atoms with Gasteiger partial charge in [0.25, 0.3) is 5.91 Å². The van der Waals surface area contributed by atoms with Crippen LogP contribution in [0.3, 0.4) is 0 Å². The van der Waals surface area contributed by atoms with Gasteiger partial charge in [-0.1, -0.05) is 82.9 Å². The summed E-state index contributed by atoms with van der Waals surface area (Å²) in [6, 6.07) is 10.3. The molecule has 0 aliphatic carbocycles. The first-order chi connectivity index (χ1) is 13.3. The zero-order valence-corrected chi connectivity index (χ0v) is 17.4. The van der Waals surface area contributed by atoms with E-state index >= 15 is 0 Å². The van der Waals surface area contributed by atoms with Crippen molar-refractivity contribution in [3.8, 4) is 0 Å². The molecule has 3 heteroatoms. The number of nitrogens with one attached hydrogen (secondary N) is 1. The van der Waals surface area contributed by atoms with Crippen LogP contribution in [0.5, 0.6) is 0 Å². The summed E-state index contributed by atoms with van der Waals surface area (Å²) in [5.74, 6) is 0.184. The maximum atomic E-state index is 12.5. The number of benzene rings is 1. The zero-order valence-electron chi connectivity index (χ0n) is 17.4. The molecule has 1 aromatic carbocycles. The molecule has 27 heavy (non-hydrogen) atoms. The van der Waals surface area contributed by atoms with Crippen LogP contribution in [0.15, 0.2) is 30.3 Å². The molecule has 1 aliphatic heterocycles. The van der Waals surface area contributed by atoms with Crippen LogP contribution in [0.25, 0.3) is 0 Å². The molecule has 1 aliphatic rings. The van der Waals surface area contributed by atoms with Gasteiger partial charge in [0.15, 0.2) is 0 Å². The third-order valence-electron chi connectivity index (χ3n) is 5.77. The van der Waals surface area contributed by atoms with Gasteiger partial charge in [-0.15, -0.1) is 0 Å². The van der Waals surface area contributed by atoms with E-state index in [1.807, 2.05) is 35.2 Å². The molecule has 0 aromatic heterocycles. The van der Waals surface area contributed by atoms with Gasteiger partial charge in [0, 0.05) is 24.7 Å². The number of carbonyl (C=O) groups excluding carboxylic acids is 1. The molecular weight excluding hydrogens is 332 g/mol. The summed E-state index contributed by atoms with van der Waals surface area (Å²) in [5, 5.41) is 3.71. The van der Waals surface area contributed by atoms with Crippen molar-refractivity contribution in [2.45, 2.75) is 90.0 Å². The Morgan fingerprint density at radius 2 is 1.44 bits per heavy atom. The lowest BCUT2D eigenvalue weighted by Crippen LogP contribution is -2.45. The molecule has 152 valence electrons. The molecule has 1 N–H and O–H groups in total. The van der Waals surface area contributed by atoms with E-state index in [2.05, 4.69) is 12.2 Å². The number of unbranched alkanes of at least 4 members (excludes halogenated alkanes) is 9. The average Bonchev–Trinajstić information content (AvgIpc) is 2.72. The molecule has 0 atom stereocenters. The number of nitrogens with zero attached hydrogens (tertiary/aromatic N) is 1. The van der Waals surface area contributed by atoms with Crippen LogP contribution < -0.4 is 5.32 Å². The maximum absolute atomic E-state index is 12.5. The lowest BCUT2D eigenvalue weighted by Gasteiger charge is -2.32. The molecule has 1 heterocycles. The minimum absolute atomic E-state index is 0.184. The first-order valence-electron chi connectivity index (χ1n) is 11.4. The Morgan fingerprint density at radius 1 is 0.889 bits per heavy atom. The van der Waals surface area contributed by atoms with Gasteiger partial charge in [0.05, 0.1) is 0 Å². The van der Waals surface area contributed by atoms with Crippen LogP contribution in [0.2, 0.25) is 0 Å². The molecule has 0 bridgehead atoms. The monoisotopic (exact) mass is 372 g/mol. The summed E-state index contributed by atoms with van der Waals surface area (Å²) in [6.45, 7) is 5.17. The second kappa shape index (κ2) is 13.8.